The molecule has 0 radical (unpaired) electrons. The van der Waals surface area contributed by atoms with E-state index in [4.69, 9.17) is 26.2 Å². The quantitative estimate of drug-likeness (QED) is 0.556. The van der Waals surface area contributed by atoms with Gasteiger partial charge in [0.1, 0.15) is 12.4 Å². The zero-order valence-electron chi connectivity index (χ0n) is 16.7. The molecule has 1 heterocycles. The maximum absolute atomic E-state index is 13.5. The fourth-order valence-corrected chi connectivity index (χ4v) is 3.62. The van der Waals surface area contributed by atoms with Crippen molar-refractivity contribution in [2.45, 2.75) is 31.9 Å². The lowest BCUT2D eigenvalue weighted by atomic mass is 9.96. The second-order valence-corrected chi connectivity index (χ2v) is 7.64. The van der Waals surface area contributed by atoms with Gasteiger partial charge in [-0.05, 0) is 65.8 Å². The Bertz CT molecular complexity index is 952. The Morgan fingerprint density at radius 3 is 2.48 bits per heavy atom. The van der Waals surface area contributed by atoms with Crippen LogP contribution in [0.5, 0.6) is 5.75 Å². The lowest BCUT2D eigenvalue weighted by Crippen LogP contribution is -2.12. The van der Waals surface area contributed by atoms with Crippen LogP contribution in [-0.2, 0) is 22.1 Å². The summed E-state index contributed by atoms with van der Waals surface area (Å²) in [4.78, 5) is 10.7. The van der Waals surface area contributed by atoms with E-state index in [1.165, 1.54) is 12.1 Å². The molecule has 0 aliphatic carbocycles. The second kappa shape index (κ2) is 10.2. The molecule has 3 rings (SSSR count). The van der Waals surface area contributed by atoms with Crippen molar-refractivity contribution in [1.29, 1.82) is 0 Å². The van der Waals surface area contributed by atoms with Gasteiger partial charge in [-0.25, -0.2) is 0 Å². The minimum atomic E-state index is -4.60. The average molecular weight is 455 g/mol. The molecule has 0 amide bonds. The van der Waals surface area contributed by atoms with Crippen molar-refractivity contribution in [1.82, 2.24) is 0 Å². The number of alkyl halides is 3. The first kappa shape index (κ1) is 23.2. The normalized spacial score (nSPS) is 15.0. The van der Waals surface area contributed by atoms with Crippen molar-refractivity contribution in [3.8, 4) is 5.75 Å². The molecule has 0 fully saturated rings. The number of benzene rings is 2. The van der Waals surface area contributed by atoms with Crippen LogP contribution in [-0.4, -0.2) is 30.9 Å². The number of halogens is 4. The predicted octanol–water partition coefficient (Wildman–Crippen LogP) is 6.02. The van der Waals surface area contributed by atoms with E-state index in [1.54, 1.807) is 12.1 Å². The van der Waals surface area contributed by atoms with Crippen LogP contribution in [0.2, 0.25) is 5.02 Å². The Balaban J connectivity index is 1.83. The highest BCUT2D eigenvalue weighted by Gasteiger charge is 2.33. The van der Waals surface area contributed by atoms with Gasteiger partial charge in [-0.15, -0.1) is 0 Å². The van der Waals surface area contributed by atoms with E-state index < -0.39 is 17.7 Å². The Hall–Kier alpha value is -2.51. The molecule has 0 unspecified atom stereocenters. The van der Waals surface area contributed by atoms with Gasteiger partial charge in [-0.3, -0.25) is 4.79 Å². The summed E-state index contributed by atoms with van der Waals surface area (Å²) in [6, 6.07) is 11.1. The highest BCUT2D eigenvalue weighted by atomic mass is 35.5. The number of aryl methyl sites for hydroxylation is 1. The van der Waals surface area contributed by atoms with Gasteiger partial charge in [-0.1, -0.05) is 29.8 Å². The lowest BCUT2D eigenvalue weighted by Gasteiger charge is -2.17. The first-order chi connectivity index (χ1) is 14.7. The molecule has 0 atom stereocenters. The predicted molar refractivity (Wildman–Crippen MR) is 111 cm³/mol. The maximum atomic E-state index is 13.5. The van der Waals surface area contributed by atoms with Crippen molar-refractivity contribution in [2.24, 2.45) is 0 Å². The standard InChI is InChI=1S/C23H22ClF3O4/c24-18-5-1-15(2-6-18)20-10-12-30-11-9-17(20)14-31-19-7-3-16(4-8-22(28)29)21(13-19)23(25,26)27/h1-3,5-7,13H,4,8-12,14H2,(H,28,29). The number of hydrogen-bond acceptors (Lipinski definition) is 3. The minimum Gasteiger partial charge on any atom is -0.489 e. The number of rotatable bonds is 7. The molecule has 0 aromatic heterocycles. The number of carbonyl (C=O) groups is 1. The average Bonchev–Trinajstić information content (AvgIpc) is 2.96. The maximum Gasteiger partial charge on any atom is 0.416 e. The van der Waals surface area contributed by atoms with Gasteiger partial charge < -0.3 is 14.6 Å². The van der Waals surface area contributed by atoms with Crippen molar-refractivity contribution in [3.05, 3.63) is 69.8 Å². The molecule has 2 aromatic carbocycles. The van der Waals surface area contributed by atoms with Gasteiger partial charge in [0.05, 0.1) is 18.8 Å². The first-order valence-corrected chi connectivity index (χ1v) is 10.2. The molecule has 0 spiro atoms. The van der Waals surface area contributed by atoms with Crippen LogP contribution in [0.1, 0.15) is 36.0 Å². The molecule has 0 saturated heterocycles. The SMILES string of the molecule is O=C(O)CCc1ccc(OCC2=C(c3ccc(Cl)cc3)CCOCC2)cc1C(F)(F)F. The fraction of sp³-hybridized carbons (Fsp3) is 0.348. The van der Waals surface area contributed by atoms with Crippen LogP contribution >= 0.6 is 11.6 Å². The molecule has 4 nitrogen and oxygen atoms in total. The van der Waals surface area contributed by atoms with E-state index in [-0.39, 0.29) is 30.8 Å². The summed E-state index contributed by atoms with van der Waals surface area (Å²) in [7, 11) is 0. The van der Waals surface area contributed by atoms with E-state index >= 15 is 0 Å². The molecule has 1 aliphatic heterocycles. The minimum absolute atomic E-state index is 0.0637. The van der Waals surface area contributed by atoms with Gasteiger partial charge in [0.15, 0.2) is 0 Å². The summed E-state index contributed by atoms with van der Waals surface area (Å²) < 4.78 is 51.7. The van der Waals surface area contributed by atoms with E-state index in [9.17, 15) is 18.0 Å². The molecule has 0 saturated carbocycles. The van der Waals surface area contributed by atoms with E-state index in [0.29, 0.717) is 31.1 Å². The number of ether oxygens (including phenoxy) is 2. The van der Waals surface area contributed by atoms with E-state index in [2.05, 4.69) is 0 Å². The van der Waals surface area contributed by atoms with E-state index in [1.807, 2.05) is 12.1 Å². The zero-order chi connectivity index (χ0) is 22.4. The largest absolute Gasteiger partial charge is 0.489 e. The monoisotopic (exact) mass is 454 g/mol. The Kier molecular flexibility index (Phi) is 7.62. The number of aliphatic carboxylic acids is 1. The zero-order valence-corrected chi connectivity index (χ0v) is 17.4. The van der Waals surface area contributed by atoms with Crippen molar-refractivity contribution in [2.75, 3.05) is 19.8 Å². The third-order valence-corrected chi connectivity index (χ3v) is 5.32. The first-order valence-electron chi connectivity index (χ1n) is 9.83. The molecule has 0 bridgehead atoms. The third kappa shape index (κ3) is 6.48. The van der Waals surface area contributed by atoms with Crippen LogP contribution in [0.3, 0.4) is 0 Å². The van der Waals surface area contributed by atoms with Gasteiger partial charge in [-0.2, -0.15) is 13.2 Å². The summed E-state index contributed by atoms with van der Waals surface area (Å²) in [6.07, 6.45) is -3.89. The molecule has 31 heavy (non-hydrogen) atoms. The number of hydrogen-bond donors (Lipinski definition) is 1. The molecule has 1 aliphatic rings. The Morgan fingerprint density at radius 1 is 1.10 bits per heavy atom. The van der Waals surface area contributed by atoms with Crippen molar-refractivity contribution in [3.63, 3.8) is 0 Å². The highest BCUT2D eigenvalue weighted by Crippen LogP contribution is 2.35. The third-order valence-electron chi connectivity index (χ3n) is 5.07. The van der Waals surface area contributed by atoms with Crippen LogP contribution in [0.25, 0.3) is 5.57 Å². The summed E-state index contributed by atoms with van der Waals surface area (Å²) in [5.41, 5.74) is 2.05. The molecular formula is C23H22ClF3O4. The molecule has 8 heteroatoms. The van der Waals surface area contributed by atoms with Crippen LogP contribution in [0.15, 0.2) is 48.0 Å². The van der Waals surface area contributed by atoms with Gasteiger partial charge in [0.25, 0.3) is 0 Å². The summed E-state index contributed by atoms with van der Waals surface area (Å²) >= 11 is 5.97. The summed E-state index contributed by atoms with van der Waals surface area (Å²) in [5, 5.41) is 9.40. The van der Waals surface area contributed by atoms with Crippen molar-refractivity contribution >= 4 is 23.1 Å². The fourth-order valence-electron chi connectivity index (χ4n) is 3.50. The Labute approximate surface area is 183 Å². The molecule has 166 valence electrons. The van der Waals surface area contributed by atoms with Crippen LogP contribution < -0.4 is 4.74 Å². The second-order valence-electron chi connectivity index (χ2n) is 7.20. The molecular weight excluding hydrogens is 433 g/mol. The smallest absolute Gasteiger partial charge is 0.416 e. The topological polar surface area (TPSA) is 55.8 Å². The van der Waals surface area contributed by atoms with E-state index in [0.717, 1.165) is 22.8 Å². The number of carboxylic acid groups (broad SMARTS) is 1. The molecule has 1 N–H and O–H groups in total. The van der Waals surface area contributed by atoms with Gasteiger partial charge >= 0.3 is 12.1 Å². The Morgan fingerprint density at radius 2 is 1.81 bits per heavy atom. The molecule has 2 aromatic rings. The number of carboxylic acids is 1. The lowest BCUT2D eigenvalue weighted by molar-refractivity contribution is -0.140. The van der Waals surface area contributed by atoms with Crippen molar-refractivity contribution < 1.29 is 32.5 Å². The van der Waals surface area contributed by atoms with Crippen LogP contribution in [0, 0.1) is 0 Å². The van der Waals surface area contributed by atoms with Gasteiger partial charge in [0.2, 0.25) is 0 Å². The summed E-state index contributed by atoms with van der Waals surface area (Å²) in [5.74, 6) is -1.06. The van der Waals surface area contributed by atoms with Crippen LogP contribution in [0.4, 0.5) is 13.2 Å². The summed E-state index contributed by atoms with van der Waals surface area (Å²) in [6.45, 7) is 1.20. The highest BCUT2D eigenvalue weighted by molar-refractivity contribution is 6.30. The van der Waals surface area contributed by atoms with Gasteiger partial charge in [0, 0.05) is 11.4 Å².